The summed E-state index contributed by atoms with van der Waals surface area (Å²) in [6.07, 6.45) is 1.87. The Morgan fingerprint density at radius 3 is 1.60 bits per heavy atom. The van der Waals surface area contributed by atoms with Gasteiger partial charge in [-0.05, 0) is 99.1 Å². The summed E-state index contributed by atoms with van der Waals surface area (Å²) in [5, 5.41) is 3.43. The minimum absolute atomic E-state index is 0.939. The van der Waals surface area contributed by atoms with Gasteiger partial charge >= 0.3 is 0 Å². The van der Waals surface area contributed by atoms with Gasteiger partial charge < -0.3 is 4.57 Å². The van der Waals surface area contributed by atoms with E-state index in [-0.39, 0.29) is 0 Å². The highest BCUT2D eigenvalue weighted by Crippen LogP contribution is 2.40. The van der Waals surface area contributed by atoms with Gasteiger partial charge in [-0.15, -0.1) is 11.3 Å². The summed E-state index contributed by atoms with van der Waals surface area (Å²) < 4.78 is 3.58. The summed E-state index contributed by atoms with van der Waals surface area (Å²) in [5.74, 6) is 0. The Kier molecular flexibility index (Phi) is 8.34. The van der Waals surface area contributed by atoms with Crippen LogP contribution in [0.4, 0.5) is 0 Å². The molecule has 0 aliphatic carbocycles. The van der Waals surface area contributed by atoms with Gasteiger partial charge in [0.25, 0.3) is 0 Å². The molecule has 0 saturated heterocycles. The predicted molar refractivity (Wildman–Crippen MR) is 244 cm³/mol. The summed E-state index contributed by atoms with van der Waals surface area (Å²) in [4.78, 5) is 9.96. The van der Waals surface area contributed by atoms with E-state index in [4.69, 9.17) is 9.97 Å². The van der Waals surface area contributed by atoms with E-state index in [9.17, 15) is 0 Å². The van der Waals surface area contributed by atoms with Gasteiger partial charge in [0.2, 0.25) is 0 Å². The standard InChI is InChI=1S/C54H35N3S/c1-3-11-36(12-4-1)38-18-22-40(23-19-38)42-27-29-50-53(35-42)58-54(56-50)43-26-28-48-47-15-7-8-17-51(47)57(52(48)34-43)46-32-44(31-45(33-46)49-16-9-10-30-55-49)41-24-20-39(21-25-41)37-13-5-2-6-14-37/h1-35H. The van der Waals surface area contributed by atoms with Gasteiger partial charge in [0.15, 0.2) is 0 Å². The lowest BCUT2D eigenvalue weighted by atomic mass is 9.97. The number of hydrogen-bond donors (Lipinski definition) is 0. The number of aromatic nitrogens is 3. The Hall–Kier alpha value is -7.40. The van der Waals surface area contributed by atoms with Crippen LogP contribution in [0.15, 0.2) is 212 Å². The molecule has 0 fully saturated rings. The van der Waals surface area contributed by atoms with Crippen molar-refractivity contribution in [1.29, 1.82) is 0 Å². The van der Waals surface area contributed by atoms with Gasteiger partial charge in [-0.3, -0.25) is 4.98 Å². The topological polar surface area (TPSA) is 30.7 Å². The van der Waals surface area contributed by atoms with E-state index < -0.39 is 0 Å². The van der Waals surface area contributed by atoms with Crippen molar-refractivity contribution >= 4 is 43.4 Å². The molecule has 0 spiro atoms. The van der Waals surface area contributed by atoms with Gasteiger partial charge in [0, 0.05) is 33.8 Å². The summed E-state index contributed by atoms with van der Waals surface area (Å²) in [7, 11) is 0. The van der Waals surface area contributed by atoms with Crippen molar-refractivity contribution in [3.8, 4) is 72.0 Å². The second-order valence-corrected chi connectivity index (χ2v) is 15.7. The van der Waals surface area contributed by atoms with Crippen molar-refractivity contribution in [3.63, 3.8) is 0 Å². The fourth-order valence-electron chi connectivity index (χ4n) is 8.17. The molecule has 58 heavy (non-hydrogen) atoms. The predicted octanol–water partition coefficient (Wildman–Crippen LogP) is 14.8. The first-order valence-corrected chi connectivity index (χ1v) is 20.4. The Bertz CT molecular complexity index is 3240. The largest absolute Gasteiger partial charge is 0.309 e. The van der Waals surface area contributed by atoms with Crippen molar-refractivity contribution < 1.29 is 0 Å². The first kappa shape index (κ1) is 33.9. The average molecular weight is 758 g/mol. The highest BCUT2D eigenvalue weighted by atomic mass is 32.1. The first-order valence-electron chi connectivity index (χ1n) is 19.5. The third-order valence-corrected chi connectivity index (χ3v) is 12.2. The Morgan fingerprint density at radius 2 is 0.914 bits per heavy atom. The van der Waals surface area contributed by atoms with Crippen LogP contribution in [0, 0.1) is 0 Å². The molecule has 3 nitrogen and oxygen atoms in total. The molecule has 11 rings (SSSR count). The van der Waals surface area contributed by atoms with Gasteiger partial charge in [-0.2, -0.15) is 0 Å². The van der Waals surface area contributed by atoms with Gasteiger partial charge in [-0.25, -0.2) is 4.98 Å². The zero-order chi connectivity index (χ0) is 38.4. The monoisotopic (exact) mass is 757 g/mol. The van der Waals surface area contributed by atoms with Crippen LogP contribution < -0.4 is 0 Å². The molecule has 0 bridgehead atoms. The molecule has 11 aromatic rings. The maximum absolute atomic E-state index is 5.17. The van der Waals surface area contributed by atoms with Gasteiger partial charge in [0.05, 0.1) is 26.9 Å². The maximum atomic E-state index is 5.17. The molecule has 4 heteroatoms. The smallest absolute Gasteiger partial charge is 0.124 e. The quantitative estimate of drug-likeness (QED) is 0.162. The number of pyridine rings is 1. The third kappa shape index (κ3) is 6.17. The molecule has 0 unspecified atom stereocenters. The van der Waals surface area contributed by atoms with E-state index in [1.165, 1.54) is 48.9 Å². The van der Waals surface area contributed by atoms with Crippen molar-refractivity contribution in [2.75, 3.05) is 0 Å². The third-order valence-electron chi connectivity index (χ3n) is 11.1. The van der Waals surface area contributed by atoms with Crippen LogP contribution in [0.1, 0.15) is 0 Å². The lowest BCUT2D eigenvalue weighted by Gasteiger charge is -2.14. The molecule has 0 radical (unpaired) electrons. The van der Waals surface area contributed by atoms with Crippen molar-refractivity contribution in [2.24, 2.45) is 0 Å². The molecule has 3 aromatic heterocycles. The van der Waals surface area contributed by atoms with Crippen molar-refractivity contribution in [1.82, 2.24) is 14.5 Å². The summed E-state index contributed by atoms with van der Waals surface area (Å²) in [5.41, 5.74) is 17.0. The number of rotatable bonds is 7. The minimum Gasteiger partial charge on any atom is -0.309 e. The molecule has 8 aromatic carbocycles. The Balaban J connectivity index is 1.02. The molecule has 3 heterocycles. The van der Waals surface area contributed by atoms with Gasteiger partial charge in [-0.1, -0.05) is 152 Å². The van der Waals surface area contributed by atoms with Crippen LogP contribution in [0.5, 0.6) is 0 Å². The lowest BCUT2D eigenvalue weighted by molar-refractivity contribution is 1.18. The minimum atomic E-state index is 0.939. The summed E-state index contributed by atoms with van der Waals surface area (Å²) in [6, 6.07) is 73.9. The van der Waals surface area contributed by atoms with E-state index >= 15 is 0 Å². The molecule has 0 amide bonds. The molecule has 0 N–H and O–H groups in total. The van der Waals surface area contributed by atoms with Gasteiger partial charge in [0.1, 0.15) is 5.01 Å². The van der Waals surface area contributed by atoms with Crippen molar-refractivity contribution in [3.05, 3.63) is 212 Å². The highest BCUT2D eigenvalue weighted by Gasteiger charge is 2.17. The molecule has 0 aliphatic rings. The summed E-state index contributed by atoms with van der Waals surface area (Å²) in [6.45, 7) is 0. The molecule has 272 valence electrons. The van der Waals surface area contributed by atoms with E-state index in [1.807, 2.05) is 12.3 Å². The summed E-state index contributed by atoms with van der Waals surface area (Å²) >= 11 is 1.75. The second-order valence-electron chi connectivity index (χ2n) is 14.7. The van der Waals surface area contributed by atoms with E-state index in [2.05, 4.69) is 205 Å². The van der Waals surface area contributed by atoms with Crippen LogP contribution >= 0.6 is 11.3 Å². The normalized spacial score (nSPS) is 11.4. The van der Waals surface area contributed by atoms with E-state index in [0.29, 0.717) is 0 Å². The number of hydrogen-bond acceptors (Lipinski definition) is 3. The van der Waals surface area contributed by atoms with Crippen molar-refractivity contribution in [2.45, 2.75) is 0 Å². The SMILES string of the molecule is c1ccc(-c2ccc(-c3cc(-c4ccccn4)cc(-n4c5ccccc5c5ccc(-c6nc7ccc(-c8ccc(-c9ccccc9)cc8)cc7s6)cc54)c3)cc2)cc1. The zero-order valence-electron chi connectivity index (χ0n) is 31.5. The lowest BCUT2D eigenvalue weighted by Crippen LogP contribution is -1.96. The Labute approximate surface area is 340 Å². The average Bonchev–Trinajstić information content (AvgIpc) is 3.89. The number of thiazole rings is 1. The number of para-hydroxylation sites is 1. The second kappa shape index (κ2) is 14.3. The Morgan fingerprint density at radius 1 is 0.362 bits per heavy atom. The number of benzene rings is 8. The van der Waals surface area contributed by atoms with E-state index in [1.54, 1.807) is 11.3 Å². The number of fused-ring (bicyclic) bond motifs is 4. The van der Waals surface area contributed by atoms with Crippen LogP contribution in [-0.4, -0.2) is 14.5 Å². The van der Waals surface area contributed by atoms with Crippen LogP contribution in [0.3, 0.4) is 0 Å². The maximum Gasteiger partial charge on any atom is 0.124 e. The highest BCUT2D eigenvalue weighted by molar-refractivity contribution is 7.21. The molecular formula is C54H35N3S. The molecule has 0 saturated carbocycles. The zero-order valence-corrected chi connectivity index (χ0v) is 32.3. The fraction of sp³-hybridized carbons (Fsp3) is 0. The molecular weight excluding hydrogens is 723 g/mol. The fourth-order valence-corrected chi connectivity index (χ4v) is 9.17. The first-order chi connectivity index (χ1) is 28.7. The number of nitrogens with zero attached hydrogens (tertiary/aromatic N) is 3. The van der Waals surface area contributed by atoms with Crippen LogP contribution in [-0.2, 0) is 0 Å². The van der Waals surface area contributed by atoms with E-state index in [0.717, 1.165) is 55.2 Å². The molecule has 0 aliphatic heterocycles. The molecule has 0 atom stereocenters. The van der Waals surface area contributed by atoms with Crippen LogP contribution in [0.2, 0.25) is 0 Å². The van der Waals surface area contributed by atoms with Crippen LogP contribution in [0.25, 0.3) is 104 Å².